The third kappa shape index (κ3) is 3.06. The van der Waals surface area contributed by atoms with Gasteiger partial charge in [-0.25, -0.2) is 4.98 Å². The second-order valence-corrected chi connectivity index (χ2v) is 11.9. The van der Waals surface area contributed by atoms with Gasteiger partial charge >= 0.3 is 0 Å². The number of rotatable bonds is 5. The monoisotopic (exact) mass is 477 g/mol. The van der Waals surface area contributed by atoms with Crippen molar-refractivity contribution in [1.82, 2.24) is 14.5 Å². The van der Waals surface area contributed by atoms with Crippen LogP contribution in [0.1, 0.15) is 62.3 Å². The normalized spacial score (nSPS) is 33.2. The lowest BCUT2D eigenvalue weighted by Gasteiger charge is -2.43. The Morgan fingerprint density at radius 3 is 2.68 bits per heavy atom. The molecule has 1 aliphatic heterocycles. The number of ether oxygens (including phenoxy) is 1. The molecule has 1 spiro atoms. The van der Waals surface area contributed by atoms with Gasteiger partial charge in [0.1, 0.15) is 22.9 Å². The van der Waals surface area contributed by atoms with Gasteiger partial charge in [-0.05, 0) is 81.3 Å². The number of thiophene rings is 1. The molecule has 0 bridgehead atoms. The van der Waals surface area contributed by atoms with Gasteiger partial charge in [0.05, 0.1) is 17.3 Å². The summed E-state index contributed by atoms with van der Waals surface area (Å²) in [6.45, 7) is 0. The summed E-state index contributed by atoms with van der Waals surface area (Å²) in [5, 5.41) is 10.8. The van der Waals surface area contributed by atoms with Gasteiger partial charge in [-0.2, -0.15) is 0 Å². The van der Waals surface area contributed by atoms with E-state index in [1.54, 1.807) is 10.9 Å². The summed E-state index contributed by atoms with van der Waals surface area (Å²) in [4.78, 5) is 21.2. The van der Waals surface area contributed by atoms with Gasteiger partial charge in [0.2, 0.25) is 0 Å². The summed E-state index contributed by atoms with van der Waals surface area (Å²) in [5.41, 5.74) is 1.89. The van der Waals surface area contributed by atoms with Gasteiger partial charge in [0.15, 0.2) is 0 Å². The van der Waals surface area contributed by atoms with Gasteiger partial charge in [-0.15, -0.1) is 11.3 Å². The average molecular weight is 478 g/mol. The van der Waals surface area contributed by atoms with Crippen molar-refractivity contribution in [3.8, 4) is 11.4 Å². The highest BCUT2D eigenvalue weighted by atomic mass is 32.1. The molecule has 1 N–H and O–H groups in total. The lowest BCUT2D eigenvalue weighted by Crippen LogP contribution is -2.46. The van der Waals surface area contributed by atoms with E-state index >= 15 is 0 Å². The Hall–Kier alpha value is -2.22. The van der Waals surface area contributed by atoms with Crippen LogP contribution >= 0.6 is 11.3 Å². The molecule has 4 unspecified atom stereocenters. The highest BCUT2D eigenvalue weighted by molar-refractivity contribution is 7.19. The fourth-order valence-corrected chi connectivity index (χ4v) is 8.32. The van der Waals surface area contributed by atoms with Crippen LogP contribution in [0.4, 0.5) is 0 Å². The molecule has 3 saturated carbocycles. The summed E-state index contributed by atoms with van der Waals surface area (Å²) in [6.07, 6.45) is 10.8. The second-order valence-electron chi connectivity index (χ2n) is 10.8. The largest absolute Gasteiger partial charge is 0.490 e. The number of aliphatic hydroxyl groups is 1. The molecule has 1 saturated heterocycles. The predicted octanol–water partition coefficient (Wildman–Crippen LogP) is 4.67. The molecular formula is C27H31N3O3S. The highest BCUT2D eigenvalue weighted by Crippen LogP contribution is 2.63. The van der Waals surface area contributed by atoms with Gasteiger partial charge in [-0.1, -0.05) is 12.8 Å². The third-order valence-electron chi connectivity index (χ3n) is 9.28. The molecule has 2 aromatic heterocycles. The van der Waals surface area contributed by atoms with E-state index in [1.165, 1.54) is 37.0 Å². The molecule has 3 aliphatic carbocycles. The average Bonchev–Trinajstić information content (AvgIpc) is 3.25. The highest BCUT2D eigenvalue weighted by Gasteiger charge is 2.71. The van der Waals surface area contributed by atoms with E-state index in [-0.39, 0.29) is 11.7 Å². The van der Waals surface area contributed by atoms with Gasteiger partial charge < -0.3 is 9.84 Å². The first-order valence-corrected chi connectivity index (χ1v) is 13.6. The van der Waals surface area contributed by atoms with Crippen LogP contribution in [0.15, 0.2) is 41.5 Å². The number of benzene rings is 1. The molecule has 3 heterocycles. The maximum absolute atomic E-state index is 13.2. The Labute approximate surface area is 203 Å². The molecule has 7 rings (SSSR count). The van der Waals surface area contributed by atoms with Crippen LogP contribution in [0.3, 0.4) is 0 Å². The van der Waals surface area contributed by atoms with E-state index in [9.17, 15) is 9.90 Å². The van der Waals surface area contributed by atoms with Gasteiger partial charge in [0, 0.05) is 22.9 Å². The topological polar surface area (TPSA) is 67.4 Å². The SMILES string of the molecule is CN1[C@@H]2CC(Oc3ccc(-n4cnc5cc(C(O)C6CCCC6)sc5c4=O)cc3)C[C@H]3CCC321. The van der Waals surface area contributed by atoms with Crippen molar-refractivity contribution in [2.24, 2.45) is 11.8 Å². The predicted molar refractivity (Wildman–Crippen MR) is 133 cm³/mol. The number of likely N-dealkylation sites (tertiary alicyclic amines) is 1. The van der Waals surface area contributed by atoms with Gasteiger partial charge in [0.25, 0.3) is 5.56 Å². The van der Waals surface area contributed by atoms with Crippen LogP contribution in [-0.4, -0.2) is 44.3 Å². The number of likely N-dealkylation sites (N-methyl/N-ethyl adjacent to an activating group) is 1. The Morgan fingerprint density at radius 2 is 1.97 bits per heavy atom. The van der Waals surface area contributed by atoms with Gasteiger partial charge in [-0.3, -0.25) is 14.3 Å². The van der Waals surface area contributed by atoms with E-state index in [4.69, 9.17) is 4.74 Å². The fourth-order valence-electron chi connectivity index (χ4n) is 7.20. The smallest absolute Gasteiger partial charge is 0.275 e. The zero-order chi connectivity index (χ0) is 23.0. The zero-order valence-corrected chi connectivity index (χ0v) is 20.3. The summed E-state index contributed by atoms with van der Waals surface area (Å²) < 4.78 is 8.56. The lowest BCUT2D eigenvalue weighted by atomic mass is 9.64. The van der Waals surface area contributed by atoms with E-state index in [0.717, 1.165) is 47.9 Å². The molecule has 4 fully saturated rings. The van der Waals surface area contributed by atoms with Crippen LogP contribution in [0.5, 0.6) is 5.75 Å². The molecule has 178 valence electrons. The minimum Gasteiger partial charge on any atom is -0.490 e. The summed E-state index contributed by atoms with van der Waals surface area (Å²) >= 11 is 1.39. The lowest BCUT2D eigenvalue weighted by molar-refractivity contribution is 0.0654. The maximum Gasteiger partial charge on any atom is 0.275 e. The standard InChI is InChI=1S/C27H31N3O3S/c1-29-23-13-20(12-17-10-11-27(17,23)29)33-19-8-6-18(7-9-19)30-15-28-21-14-22(34-25(21)26(30)32)24(31)16-4-2-3-5-16/h6-9,14-17,20,23-24,31H,2-5,10-13H2,1H3/t17-,20?,23-,24?,27?,29?/m1/s1. The number of nitrogens with zero attached hydrogens (tertiary/aromatic N) is 3. The second kappa shape index (κ2) is 7.64. The summed E-state index contributed by atoms with van der Waals surface area (Å²) in [7, 11) is 2.27. The van der Waals surface area contributed by atoms with Crippen LogP contribution in [0, 0.1) is 11.8 Å². The molecule has 0 amide bonds. The molecule has 7 heteroatoms. The molecule has 34 heavy (non-hydrogen) atoms. The van der Waals surface area contributed by atoms with Crippen molar-refractivity contribution in [2.75, 3.05) is 7.05 Å². The molecule has 3 aromatic rings. The van der Waals surface area contributed by atoms with Crippen LogP contribution in [-0.2, 0) is 0 Å². The molecule has 0 radical (unpaired) electrons. The van der Waals surface area contributed by atoms with Crippen molar-refractivity contribution in [3.05, 3.63) is 51.9 Å². The number of fused-ring (bicyclic) bond motifs is 1. The first-order valence-electron chi connectivity index (χ1n) is 12.7. The Kier molecular flexibility index (Phi) is 4.74. The number of hydrogen-bond acceptors (Lipinski definition) is 6. The van der Waals surface area contributed by atoms with Crippen molar-refractivity contribution >= 4 is 21.6 Å². The molecule has 6 nitrogen and oxygen atoms in total. The Morgan fingerprint density at radius 1 is 1.18 bits per heavy atom. The fraction of sp³-hybridized carbons (Fsp3) is 0.556. The molecule has 6 atom stereocenters. The first-order chi connectivity index (χ1) is 16.5. The number of aromatic nitrogens is 2. The van der Waals surface area contributed by atoms with Crippen molar-refractivity contribution in [2.45, 2.75) is 75.2 Å². The maximum atomic E-state index is 13.2. The molecule has 1 aromatic carbocycles. The minimum atomic E-state index is -0.494. The number of hydrogen-bond donors (Lipinski definition) is 1. The molecular weight excluding hydrogens is 446 g/mol. The van der Waals surface area contributed by atoms with E-state index in [0.29, 0.717) is 27.7 Å². The third-order valence-corrected chi connectivity index (χ3v) is 10.5. The van der Waals surface area contributed by atoms with Crippen molar-refractivity contribution in [3.63, 3.8) is 0 Å². The van der Waals surface area contributed by atoms with Crippen LogP contribution in [0.25, 0.3) is 15.9 Å². The quantitative estimate of drug-likeness (QED) is 0.541. The van der Waals surface area contributed by atoms with Crippen LogP contribution in [0.2, 0.25) is 0 Å². The summed E-state index contributed by atoms with van der Waals surface area (Å²) in [6, 6.07) is 10.4. The summed E-state index contributed by atoms with van der Waals surface area (Å²) in [5.74, 6) is 1.96. The van der Waals surface area contributed by atoms with E-state index in [1.807, 2.05) is 30.3 Å². The van der Waals surface area contributed by atoms with E-state index < -0.39 is 6.10 Å². The Balaban J connectivity index is 1.09. The van der Waals surface area contributed by atoms with Crippen molar-refractivity contribution < 1.29 is 9.84 Å². The minimum absolute atomic E-state index is 0.0843. The van der Waals surface area contributed by atoms with Crippen molar-refractivity contribution in [1.29, 1.82) is 0 Å². The van der Waals surface area contributed by atoms with E-state index in [2.05, 4.69) is 16.9 Å². The molecule has 4 aliphatic rings. The Bertz CT molecular complexity index is 1280. The number of aliphatic hydroxyl groups excluding tert-OH is 1. The van der Waals surface area contributed by atoms with Crippen LogP contribution < -0.4 is 10.3 Å². The zero-order valence-electron chi connectivity index (χ0n) is 19.5. The first kappa shape index (κ1) is 21.1.